The van der Waals surface area contributed by atoms with Crippen LogP contribution >= 0.6 is 11.3 Å². The standard InChI is InChI=1S/C24H28N4O4S2/c1-16-9-17(2)14-28(13-16)34(30,31)20-6-4-5-19(11-20)21-15-33-24(26-21)27-25-12-18-7-8-22(29)23(10-18)32-3/h4-8,10-12,15-17,29H,9,13-14H2,1-3H3,(H,26,27). The Morgan fingerprint density at radius 3 is 2.71 bits per heavy atom. The zero-order chi connectivity index (χ0) is 24.3. The number of benzene rings is 2. The predicted molar refractivity (Wildman–Crippen MR) is 135 cm³/mol. The van der Waals surface area contributed by atoms with Crippen molar-refractivity contribution >= 4 is 32.7 Å². The van der Waals surface area contributed by atoms with Gasteiger partial charge in [0, 0.05) is 24.0 Å². The molecule has 2 aromatic carbocycles. The molecule has 34 heavy (non-hydrogen) atoms. The number of phenols is 1. The number of phenolic OH excluding ortho intramolecular Hbond substituents is 1. The van der Waals surface area contributed by atoms with Crippen molar-refractivity contribution < 1.29 is 18.3 Å². The fraction of sp³-hybridized carbons (Fsp3) is 0.333. The molecule has 1 saturated heterocycles. The second kappa shape index (κ2) is 10.1. The van der Waals surface area contributed by atoms with Crippen LogP contribution in [0.1, 0.15) is 25.8 Å². The van der Waals surface area contributed by atoms with Crippen molar-refractivity contribution in [1.29, 1.82) is 0 Å². The zero-order valence-corrected chi connectivity index (χ0v) is 20.9. The van der Waals surface area contributed by atoms with E-state index in [2.05, 4.69) is 29.4 Å². The first-order valence-corrected chi connectivity index (χ1v) is 13.3. The van der Waals surface area contributed by atoms with E-state index in [4.69, 9.17) is 4.74 Å². The van der Waals surface area contributed by atoms with Crippen molar-refractivity contribution in [3.63, 3.8) is 0 Å². The van der Waals surface area contributed by atoms with E-state index in [-0.39, 0.29) is 10.6 Å². The highest BCUT2D eigenvalue weighted by atomic mass is 32.2. The Bertz CT molecular complexity index is 1280. The van der Waals surface area contributed by atoms with Gasteiger partial charge in [0.05, 0.1) is 23.9 Å². The largest absolute Gasteiger partial charge is 0.504 e. The third-order valence-corrected chi connectivity index (χ3v) is 8.26. The molecule has 8 nitrogen and oxygen atoms in total. The van der Waals surface area contributed by atoms with Gasteiger partial charge in [-0.05, 0) is 54.2 Å². The molecule has 10 heteroatoms. The summed E-state index contributed by atoms with van der Waals surface area (Å²) in [6, 6.07) is 11.9. The lowest BCUT2D eigenvalue weighted by molar-refractivity contribution is 0.222. The summed E-state index contributed by atoms with van der Waals surface area (Å²) in [5.41, 5.74) is 5.04. The maximum Gasteiger partial charge on any atom is 0.243 e. The summed E-state index contributed by atoms with van der Waals surface area (Å²) in [4.78, 5) is 4.83. The molecular formula is C24H28N4O4S2. The minimum absolute atomic E-state index is 0.0609. The Kier molecular flexibility index (Phi) is 7.20. The van der Waals surface area contributed by atoms with Gasteiger partial charge in [-0.15, -0.1) is 11.3 Å². The first-order chi connectivity index (χ1) is 16.3. The molecular weight excluding hydrogens is 472 g/mol. The number of nitrogens with zero attached hydrogens (tertiary/aromatic N) is 3. The summed E-state index contributed by atoms with van der Waals surface area (Å²) in [6.07, 6.45) is 2.64. The smallest absolute Gasteiger partial charge is 0.243 e. The van der Waals surface area contributed by atoms with Gasteiger partial charge in [-0.2, -0.15) is 9.41 Å². The Hall–Kier alpha value is -2.95. The van der Waals surface area contributed by atoms with Gasteiger partial charge in [0.1, 0.15) is 0 Å². The number of sulfonamides is 1. The number of anilines is 1. The molecule has 1 fully saturated rings. The van der Waals surface area contributed by atoms with E-state index in [1.54, 1.807) is 40.9 Å². The van der Waals surface area contributed by atoms with Gasteiger partial charge in [-0.25, -0.2) is 13.4 Å². The van der Waals surface area contributed by atoms with E-state index in [9.17, 15) is 13.5 Å². The van der Waals surface area contributed by atoms with E-state index >= 15 is 0 Å². The van der Waals surface area contributed by atoms with Gasteiger partial charge in [-0.3, -0.25) is 5.43 Å². The minimum Gasteiger partial charge on any atom is -0.504 e. The molecule has 0 bridgehead atoms. The first kappa shape index (κ1) is 24.2. The van der Waals surface area contributed by atoms with Crippen LogP contribution in [0.15, 0.2) is 57.8 Å². The minimum atomic E-state index is -3.56. The highest BCUT2D eigenvalue weighted by molar-refractivity contribution is 7.89. The van der Waals surface area contributed by atoms with Crippen LogP contribution in [0.2, 0.25) is 0 Å². The lowest BCUT2D eigenvalue weighted by atomic mass is 9.94. The van der Waals surface area contributed by atoms with Gasteiger partial charge in [0.2, 0.25) is 15.2 Å². The van der Waals surface area contributed by atoms with Crippen molar-refractivity contribution in [2.45, 2.75) is 25.2 Å². The molecule has 0 aliphatic carbocycles. The third kappa shape index (κ3) is 5.40. The number of hydrogen-bond acceptors (Lipinski definition) is 8. The lowest BCUT2D eigenvalue weighted by Crippen LogP contribution is -2.42. The van der Waals surface area contributed by atoms with Crippen molar-refractivity contribution in [2.75, 3.05) is 25.6 Å². The van der Waals surface area contributed by atoms with Gasteiger partial charge in [0.25, 0.3) is 0 Å². The van der Waals surface area contributed by atoms with Gasteiger partial charge >= 0.3 is 0 Å². The van der Waals surface area contributed by atoms with E-state index in [1.165, 1.54) is 24.5 Å². The number of piperidine rings is 1. The summed E-state index contributed by atoms with van der Waals surface area (Å²) in [5, 5.41) is 16.3. The third-order valence-electron chi connectivity index (χ3n) is 5.68. The monoisotopic (exact) mass is 500 g/mol. The summed E-state index contributed by atoms with van der Waals surface area (Å²) in [6.45, 7) is 5.29. The van der Waals surface area contributed by atoms with Crippen LogP contribution in [0.5, 0.6) is 11.5 Å². The highest BCUT2D eigenvalue weighted by Gasteiger charge is 2.31. The summed E-state index contributed by atoms with van der Waals surface area (Å²) >= 11 is 1.37. The average molecular weight is 501 g/mol. The number of aromatic hydroxyl groups is 1. The maximum atomic E-state index is 13.3. The summed E-state index contributed by atoms with van der Waals surface area (Å²) < 4.78 is 33.2. The van der Waals surface area contributed by atoms with E-state index < -0.39 is 10.0 Å². The van der Waals surface area contributed by atoms with Crippen LogP contribution < -0.4 is 10.2 Å². The molecule has 4 rings (SSSR count). The number of aromatic nitrogens is 1. The lowest BCUT2D eigenvalue weighted by Gasteiger charge is -2.34. The predicted octanol–water partition coefficient (Wildman–Crippen LogP) is 4.64. The molecule has 2 atom stereocenters. The average Bonchev–Trinajstić information content (AvgIpc) is 3.28. The number of rotatable bonds is 7. The van der Waals surface area contributed by atoms with Crippen molar-refractivity contribution in [1.82, 2.24) is 9.29 Å². The fourth-order valence-corrected chi connectivity index (χ4v) is 6.56. The van der Waals surface area contributed by atoms with Crippen LogP contribution in [-0.4, -0.2) is 49.2 Å². The van der Waals surface area contributed by atoms with Crippen LogP contribution in [0.4, 0.5) is 5.13 Å². The fourth-order valence-electron chi connectivity index (χ4n) is 4.16. The number of nitrogens with one attached hydrogen (secondary N) is 1. The van der Waals surface area contributed by atoms with Crippen LogP contribution in [0.25, 0.3) is 11.3 Å². The Morgan fingerprint density at radius 2 is 1.97 bits per heavy atom. The molecule has 0 spiro atoms. The molecule has 2 N–H and O–H groups in total. The van der Waals surface area contributed by atoms with Crippen molar-refractivity contribution in [3.05, 3.63) is 53.4 Å². The summed E-state index contributed by atoms with van der Waals surface area (Å²) in [7, 11) is -2.08. The molecule has 2 unspecified atom stereocenters. The summed E-state index contributed by atoms with van der Waals surface area (Å²) in [5.74, 6) is 1.11. The molecule has 0 amide bonds. The van der Waals surface area contributed by atoms with Crippen LogP contribution in [-0.2, 0) is 10.0 Å². The van der Waals surface area contributed by atoms with Gasteiger partial charge in [-0.1, -0.05) is 26.0 Å². The second-order valence-corrected chi connectivity index (χ2v) is 11.4. The molecule has 0 saturated carbocycles. The number of ether oxygens (including phenoxy) is 1. The highest BCUT2D eigenvalue weighted by Crippen LogP contribution is 2.30. The first-order valence-electron chi connectivity index (χ1n) is 11.0. The SMILES string of the molecule is COc1cc(C=NNc2nc(-c3cccc(S(=O)(=O)N4CC(C)CC(C)C4)c3)cs2)ccc1O. The number of methoxy groups -OCH3 is 1. The van der Waals surface area contributed by atoms with E-state index in [1.807, 2.05) is 11.4 Å². The van der Waals surface area contributed by atoms with Crippen molar-refractivity contribution in [3.8, 4) is 22.8 Å². The van der Waals surface area contributed by atoms with E-state index in [0.717, 1.165) is 17.5 Å². The maximum absolute atomic E-state index is 13.3. The molecule has 0 radical (unpaired) electrons. The molecule has 180 valence electrons. The van der Waals surface area contributed by atoms with Crippen molar-refractivity contribution in [2.24, 2.45) is 16.9 Å². The van der Waals surface area contributed by atoms with Gasteiger partial charge < -0.3 is 9.84 Å². The Balaban J connectivity index is 1.48. The van der Waals surface area contributed by atoms with E-state index in [0.29, 0.717) is 41.5 Å². The molecule has 1 aromatic heterocycles. The van der Waals surface area contributed by atoms with Crippen LogP contribution in [0.3, 0.4) is 0 Å². The Morgan fingerprint density at radius 1 is 1.21 bits per heavy atom. The van der Waals surface area contributed by atoms with Gasteiger partial charge in [0.15, 0.2) is 11.5 Å². The normalized spacial score (nSPS) is 19.4. The molecule has 1 aliphatic rings. The number of hydrogen-bond donors (Lipinski definition) is 2. The quantitative estimate of drug-likeness (QED) is 0.362. The molecule has 1 aliphatic heterocycles. The van der Waals surface area contributed by atoms with Crippen LogP contribution in [0, 0.1) is 11.8 Å². The Labute approximate surface area is 204 Å². The zero-order valence-electron chi connectivity index (χ0n) is 19.3. The molecule has 3 aromatic rings. The number of thiazole rings is 1. The molecule has 2 heterocycles. The second-order valence-electron chi connectivity index (χ2n) is 8.64. The number of hydrazone groups is 1. The topological polar surface area (TPSA) is 104 Å².